The zero-order valence-electron chi connectivity index (χ0n) is 11.7. The van der Waals surface area contributed by atoms with Crippen LogP contribution < -0.4 is 5.43 Å². The number of carbonyl (C=O) groups excluding carboxylic acids is 1. The first-order chi connectivity index (χ1) is 10.8. The SMILES string of the molecule is O=C(N/N=C\c1ccccc1)c1ccc2ccccc2c1O. The van der Waals surface area contributed by atoms with E-state index in [9.17, 15) is 9.90 Å². The molecule has 0 aliphatic rings. The van der Waals surface area contributed by atoms with Crippen LogP contribution in [-0.4, -0.2) is 17.2 Å². The maximum atomic E-state index is 12.1. The molecule has 0 aliphatic carbocycles. The summed E-state index contributed by atoms with van der Waals surface area (Å²) < 4.78 is 0. The lowest BCUT2D eigenvalue weighted by Gasteiger charge is -2.06. The normalized spacial score (nSPS) is 10.9. The molecule has 0 aromatic heterocycles. The van der Waals surface area contributed by atoms with E-state index >= 15 is 0 Å². The van der Waals surface area contributed by atoms with Crippen molar-refractivity contribution in [1.82, 2.24) is 5.43 Å². The second-order valence-corrected chi connectivity index (χ2v) is 4.79. The Kier molecular flexibility index (Phi) is 3.83. The van der Waals surface area contributed by atoms with E-state index < -0.39 is 5.91 Å². The molecule has 0 spiro atoms. The Bertz CT molecular complexity index is 842. The fraction of sp³-hybridized carbons (Fsp3) is 0. The zero-order chi connectivity index (χ0) is 15.4. The molecule has 0 saturated heterocycles. The second-order valence-electron chi connectivity index (χ2n) is 4.79. The highest BCUT2D eigenvalue weighted by Crippen LogP contribution is 2.28. The van der Waals surface area contributed by atoms with Gasteiger partial charge in [-0.05, 0) is 17.0 Å². The lowest BCUT2D eigenvalue weighted by atomic mass is 10.1. The van der Waals surface area contributed by atoms with Crippen LogP contribution in [0.3, 0.4) is 0 Å². The predicted octanol–water partition coefficient (Wildman–Crippen LogP) is 3.31. The number of hydrazone groups is 1. The number of fused-ring (bicyclic) bond motifs is 1. The van der Waals surface area contributed by atoms with Crippen molar-refractivity contribution < 1.29 is 9.90 Å². The monoisotopic (exact) mass is 290 g/mol. The Balaban J connectivity index is 1.81. The predicted molar refractivity (Wildman–Crippen MR) is 87.1 cm³/mol. The summed E-state index contributed by atoms with van der Waals surface area (Å²) in [5.74, 6) is -0.485. The molecule has 0 unspecified atom stereocenters. The van der Waals surface area contributed by atoms with Crippen LogP contribution in [0.5, 0.6) is 5.75 Å². The molecule has 0 heterocycles. The third kappa shape index (κ3) is 2.81. The first-order valence-corrected chi connectivity index (χ1v) is 6.85. The number of phenolic OH excluding ortho intramolecular Hbond substituents is 1. The van der Waals surface area contributed by atoms with Crippen LogP contribution >= 0.6 is 0 Å². The van der Waals surface area contributed by atoms with Gasteiger partial charge in [0.2, 0.25) is 0 Å². The van der Waals surface area contributed by atoms with E-state index in [-0.39, 0.29) is 11.3 Å². The largest absolute Gasteiger partial charge is 0.506 e. The molecular weight excluding hydrogens is 276 g/mol. The highest BCUT2D eigenvalue weighted by atomic mass is 16.3. The summed E-state index contributed by atoms with van der Waals surface area (Å²) >= 11 is 0. The Morgan fingerprint density at radius 3 is 2.50 bits per heavy atom. The molecule has 0 saturated carbocycles. The maximum Gasteiger partial charge on any atom is 0.275 e. The summed E-state index contributed by atoms with van der Waals surface area (Å²) in [7, 11) is 0. The quantitative estimate of drug-likeness (QED) is 0.574. The standard InChI is InChI=1S/C18H14N2O2/c21-17-15-9-5-4-8-14(15)10-11-16(17)18(22)20-19-12-13-6-2-1-3-7-13/h1-12,21H,(H,20,22)/b19-12-. The Hall–Kier alpha value is -3.14. The molecule has 3 rings (SSSR count). The van der Waals surface area contributed by atoms with E-state index in [4.69, 9.17) is 0 Å². The third-order valence-corrected chi connectivity index (χ3v) is 3.32. The van der Waals surface area contributed by atoms with Crippen molar-refractivity contribution in [2.75, 3.05) is 0 Å². The molecule has 2 N–H and O–H groups in total. The molecular formula is C18H14N2O2. The van der Waals surface area contributed by atoms with E-state index in [0.29, 0.717) is 5.39 Å². The molecule has 3 aromatic carbocycles. The van der Waals surface area contributed by atoms with Crippen molar-refractivity contribution >= 4 is 22.9 Å². The summed E-state index contributed by atoms with van der Waals surface area (Å²) in [5.41, 5.74) is 3.50. The molecule has 0 radical (unpaired) electrons. The van der Waals surface area contributed by atoms with Gasteiger partial charge in [-0.1, -0.05) is 60.7 Å². The smallest absolute Gasteiger partial charge is 0.275 e. The van der Waals surface area contributed by atoms with Crippen molar-refractivity contribution in [2.45, 2.75) is 0 Å². The molecule has 108 valence electrons. The van der Waals surface area contributed by atoms with Crippen molar-refractivity contribution in [3.63, 3.8) is 0 Å². The summed E-state index contributed by atoms with van der Waals surface area (Å²) in [5, 5.41) is 15.6. The zero-order valence-corrected chi connectivity index (χ0v) is 11.7. The number of phenols is 1. The molecule has 1 amide bonds. The molecule has 3 aromatic rings. The van der Waals surface area contributed by atoms with Crippen molar-refractivity contribution in [3.05, 3.63) is 77.9 Å². The van der Waals surface area contributed by atoms with Gasteiger partial charge in [-0.25, -0.2) is 5.43 Å². The van der Waals surface area contributed by atoms with Gasteiger partial charge in [-0.3, -0.25) is 4.79 Å². The van der Waals surface area contributed by atoms with Gasteiger partial charge < -0.3 is 5.11 Å². The van der Waals surface area contributed by atoms with Crippen LogP contribution in [0.1, 0.15) is 15.9 Å². The maximum absolute atomic E-state index is 12.1. The number of nitrogens with one attached hydrogen (secondary N) is 1. The third-order valence-electron chi connectivity index (χ3n) is 3.32. The van der Waals surface area contributed by atoms with E-state index in [2.05, 4.69) is 10.5 Å². The van der Waals surface area contributed by atoms with Gasteiger partial charge in [0.05, 0.1) is 11.8 Å². The number of hydrogen-bond acceptors (Lipinski definition) is 3. The van der Waals surface area contributed by atoms with E-state index in [1.165, 1.54) is 0 Å². The summed E-state index contributed by atoms with van der Waals surface area (Å²) in [4.78, 5) is 12.1. The molecule has 0 atom stereocenters. The molecule has 4 heteroatoms. The number of aromatic hydroxyl groups is 1. The van der Waals surface area contributed by atoms with Crippen molar-refractivity contribution in [3.8, 4) is 5.75 Å². The highest BCUT2D eigenvalue weighted by molar-refractivity contribution is 6.03. The van der Waals surface area contributed by atoms with Gasteiger partial charge >= 0.3 is 0 Å². The summed E-state index contributed by atoms with van der Waals surface area (Å²) in [6.07, 6.45) is 1.55. The molecule has 4 nitrogen and oxygen atoms in total. The van der Waals surface area contributed by atoms with Gasteiger partial charge in [-0.15, -0.1) is 0 Å². The lowest BCUT2D eigenvalue weighted by molar-refractivity contribution is 0.0952. The average Bonchev–Trinajstić information content (AvgIpc) is 2.56. The fourth-order valence-electron chi connectivity index (χ4n) is 2.20. The number of rotatable bonds is 3. The van der Waals surface area contributed by atoms with Gasteiger partial charge in [0.1, 0.15) is 5.75 Å². The number of benzene rings is 3. The minimum absolute atomic E-state index is 0.0366. The Morgan fingerprint density at radius 1 is 0.955 bits per heavy atom. The Labute approximate surface area is 127 Å². The van der Waals surface area contributed by atoms with Gasteiger partial charge in [0.25, 0.3) is 5.91 Å². The van der Waals surface area contributed by atoms with Crippen LogP contribution in [-0.2, 0) is 0 Å². The van der Waals surface area contributed by atoms with Crippen LogP contribution in [0, 0.1) is 0 Å². The number of hydrogen-bond donors (Lipinski definition) is 2. The van der Waals surface area contributed by atoms with E-state index in [0.717, 1.165) is 10.9 Å². The van der Waals surface area contributed by atoms with Crippen molar-refractivity contribution in [1.29, 1.82) is 0 Å². The lowest BCUT2D eigenvalue weighted by Crippen LogP contribution is -2.17. The fourth-order valence-corrected chi connectivity index (χ4v) is 2.20. The molecule has 22 heavy (non-hydrogen) atoms. The van der Waals surface area contributed by atoms with Crippen LogP contribution in [0.2, 0.25) is 0 Å². The van der Waals surface area contributed by atoms with Crippen molar-refractivity contribution in [2.24, 2.45) is 5.10 Å². The van der Waals surface area contributed by atoms with E-state index in [1.54, 1.807) is 24.4 Å². The minimum Gasteiger partial charge on any atom is -0.506 e. The van der Waals surface area contributed by atoms with Crippen LogP contribution in [0.4, 0.5) is 0 Å². The number of nitrogens with zero attached hydrogens (tertiary/aromatic N) is 1. The molecule has 0 fully saturated rings. The first-order valence-electron chi connectivity index (χ1n) is 6.85. The van der Waals surface area contributed by atoms with Gasteiger partial charge in [0.15, 0.2) is 0 Å². The minimum atomic E-state index is -0.449. The average molecular weight is 290 g/mol. The molecule has 0 bridgehead atoms. The van der Waals surface area contributed by atoms with Crippen LogP contribution in [0.15, 0.2) is 71.8 Å². The highest BCUT2D eigenvalue weighted by Gasteiger charge is 2.12. The van der Waals surface area contributed by atoms with Crippen LogP contribution in [0.25, 0.3) is 10.8 Å². The van der Waals surface area contributed by atoms with Gasteiger partial charge in [0, 0.05) is 5.39 Å². The van der Waals surface area contributed by atoms with E-state index in [1.807, 2.05) is 48.5 Å². The Morgan fingerprint density at radius 2 is 1.68 bits per heavy atom. The summed E-state index contributed by atoms with van der Waals surface area (Å²) in [6.45, 7) is 0. The second kappa shape index (κ2) is 6.10. The first kappa shape index (κ1) is 13.8. The van der Waals surface area contributed by atoms with Gasteiger partial charge in [-0.2, -0.15) is 5.10 Å². The number of carbonyl (C=O) groups is 1. The number of amides is 1. The molecule has 0 aliphatic heterocycles. The topological polar surface area (TPSA) is 61.7 Å². The summed E-state index contributed by atoms with van der Waals surface area (Å²) in [6, 6.07) is 20.2.